The van der Waals surface area contributed by atoms with Crippen LogP contribution in [0.3, 0.4) is 0 Å². The van der Waals surface area contributed by atoms with Gasteiger partial charge in [0.15, 0.2) is 0 Å². The maximum absolute atomic E-state index is 4.75. The maximum atomic E-state index is 4.75. The van der Waals surface area contributed by atoms with Crippen molar-refractivity contribution in [2.45, 2.75) is 6.35 Å². The highest BCUT2D eigenvalue weighted by atomic mass is 16.9. The fourth-order valence-corrected chi connectivity index (χ4v) is 0.451. The third-order valence-corrected chi connectivity index (χ3v) is 0.743. The highest BCUT2D eigenvalue weighted by Crippen LogP contribution is 2.02. The molecule has 0 aromatic carbocycles. The fourth-order valence-electron chi connectivity index (χ4n) is 0.451. The van der Waals surface area contributed by atoms with Crippen molar-refractivity contribution in [1.82, 2.24) is 21.7 Å². The summed E-state index contributed by atoms with van der Waals surface area (Å²) in [5.74, 6) is 0. The highest BCUT2D eigenvalue weighted by molar-refractivity contribution is 4.54. The van der Waals surface area contributed by atoms with Crippen molar-refractivity contribution in [2.75, 3.05) is 0 Å². The molecule has 0 aliphatic carbocycles. The third kappa shape index (κ3) is 0.182. The third-order valence-electron chi connectivity index (χ3n) is 0.743. The van der Waals surface area contributed by atoms with Gasteiger partial charge in [0.2, 0.25) is 6.35 Å². The molecule has 3 heterocycles. The van der Waals surface area contributed by atoms with Crippen LogP contribution in [0.5, 0.6) is 0 Å². The van der Waals surface area contributed by atoms with Gasteiger partial charge in [-0.3, -0.25) is 0 Å². The van der Waals surface area contributed by atoms with Crippen LogP contribution in [0.25, 0.3) is 0 Å². The zero-order valence-corrected chi connectivity index (χ0v) is 2.93. The summed E-state index contributed by atoms with van der Waals surface area (Å²) in [4.78, 5) is 4.75. The molecule has 0 radical (unpaired) electrons. The Bertz CT molecular complexity index is 54.4. The van der Waals surface area contributed by atoms with Crippen molar-refractivity contribution in [3.05, 3.63) is 0 Å². The number of hydrogen-bond donors (Lipinski definition) is 3. The van der Waals surface area contributed by atoms with Crippen LogP contribution in [0.1, 0.15) is 0 Å². The summed E-state index contributed by atoms with van der Waals surface area (Å²) in [6.45, 7) is 0. The zero-order valence-electron chi connectivity index (χ0n) is 2.93. The van der Waals surface area contributed by atoms with Gasteiger partial charge in [-0.05, 0) is 5.28 Å². The summed E-state index contributed by atoms with van der Waals surface area (Å²) < 4.78 is 0. The Morgan fingerprint density at radius 3 is 2.67 bits per heavy atom. The minimum atomic E-state index is 0.00463. The Morgan fingerprint density at radius 2 is 2.50 bits per heavy atom. The minimum Gasteiger partial charge on any atom is -0.230 e. The second-order valence-corrected chi connectivity index (χ2v) is 1.17. The normalized spacial score (nSPS) is 52.0. The molecule has 2 atom stereocenters. The summed E-state index contributed by atoms with van der Waals surface area (Å²) in [5, 5.41) is 1.39. The molecule has 2 bridgehead atoms. The summed E-state index contributed by atoms with van der Waals surface area (Å²) in [6, 6.07) is 0. The molecule has 0 aromatic heterocycles. The summed E-state index contributed by atoms with van der Waals surface area (Å²) in [6.07, 6.45) is 0.00463. The smallest absolute Gasteiger partial charge is 0.215 e. The quantitative estimate of drug-likeness (QED) is 0.321. The lowest BCUT2D eigenvalue weighted by Gasteiger charge is -2.22. The van der Waals surface area contributed by atoms with Gasteiger partial charge in [0.05, 0.1) is 0 Å². The number of hydrogen-bond acceptors (Lipinski definition) is 5. The molecule has 34 valence electrons. The predicted molar refractivity (Wildman–Crippen MR) is 16.1 cm³/mol. The van der Waals surface area contributed by atoms with Gasteiger partial charge in [-0.2, -0.15) is 10.9 Å². The zero-order chi connectivity index (χ0) is 3.98. The van der Waals surface area contributed by atoms with Crippen molar-refractivity contribution in [3.8, 4) is 0 Å². The molecular weight excluding hydrogens is 84.0 g/mol. The van der Waals surface area contributed by atoms with Crippen molar-refractivity contribution >= 4 is 0 Å². The number of nitrogens with one attached hydrogen (secondary N) is 3. The van der Waals surface area contributed by atoms with Gasteiger partial charge in [-0.15, -0.1) is 5.53 Å². The van der Waals surface area contributed by atoms with E-state index in [1.54, 1.807) is 0 Å². The van der Waals surface area contributed by atoms with E-state index in [0.717, 1.165) is 0 Å². The Kier molecular flexibility index (Phi) is 0.348. The van der Waals surface area contributed by atoms with Gasteiger partial charge < -0.3 is 0 Å². The van der Waals surface area contributed by atoms with Crippen LogP contribution in [-0.4, -0.2) is 11.6 Å². The van der Waals surface area contributed by atoms with Gasteiger partial charge in [-0.1, -0.05) is 0 Å². The van der Waals surface area contributed by atoms with E-state index < -0.39 is 0 Å². The lowest BCUT2D eigenvalue weighted by atomic mass is 11.0. The molecule has 0 saturated carbocycles. The van der Waals surface area contributed by atoms with Crippen LogP contribution < -0.4 is 16.4 Å². The highest BCUT2D eigenvalue weighted by Gasteiger charge is 2.34. The Labute approximate surface area is 34.1 Å². The van der Waals surface area contributed by atoms with Gasteiger partial charge in [0, 0.05) is 0 Å². The maximum Gasteiger partial charge on any atom is 0.215 e. The number of rotatable bonds is 0. The summed E-state index contributed by atoms with van der Waals surface area (Å²) in [5.41, 5.74) is 8.19. The van der Waals surface area contributed by atoms with Gasteiger partial charge in [-0.25, -0.2) is 4.84 Å². The van der Waals surface area contributed by atoms with Crippen molar-refractivity contribution in [2.24, 2.45) is 0 Å². The summed E-state index contributed by atoms with van der Waals surface area (Å²) >= 11 is 0. The molecule has 3 aliphatic heterocycles. The molecule has 6 heavy (non-hydrogen) atoms. The average molecular weight is 88.1 g/mol. The Balaban J connectivity index is 2.16. The molecule has 3 aliphatic rings. The molecule has 5 nitrogen and oxygen atoms in total. The van der Waals surface area contributed by atoms with E-state index in [9.17, 15) is 0 Å². The van der Waals surface area contributed by atoms with Crippen LogP contribution in [0.4, 0.5) is 0 Å². The summed E-state index contributed by atoms with van der Waals surface area (Å²) in [7, 11) is 0. The van der Waals surface area contributed by atoms with Crippen LogP contribution in [0.15, 0.2) is 0 Å². The molecule has 0 aromatic rings. The van der Waals surface area contributed by atoms with Crippen molar-refractivity contribution < 1.29 is 4.84 Å². The number of nitrogens with zero attached hydrogens (tertiary/aromatic N) is 1. The van der Waals surface area contributed by atoms with E-state index in [1.807, 2.05) is 0 Å². The number of hydrazine groups is 3. The van der Waals surface area contributed by atoms with E-state index in [-0.39, 0.29) is 6.35 Å². The molecule has 2 unspecified atom stereocenters. The average Bonchev–Trinajstić information content (AvgIpc) is 1.72. The topological polar surface area (TPSA) is 48.6 Å². The second-order valence-electron chi connectivity index (χ2n) is 1.17. The van der Waals surface area contributed by atoms with Crippen molar-refractivity contribution in [1.29, 1.82) is 0 Å². The van der Waals surface area contributed by atoms with Gasteiger partial charge in [0.1, 0.15) is 0 Å². The number of fused-ring (bicyclic) bond motifs is 1. The molecule has 3 fully saturated rings. The predicted octanol–water partition coefficient (Wildman–Crippen LogP) is -1.96. The molecule has 0 amide bonds. The Morgan fingerprint density at radius 1 is 1.67 bits per heavy atom. The minimum absolute atomic E-state index is 0.00463. The van der Waals surface area contributed by atoms with Crippen LogP contribution in [0, 0.1) is 0 Å². The first kappa shape index (κ1) is 2.89. The van der Waals surface area contributed by atoms with E-state index in [2.05, 4.69) is 16.4 Å². The van der Waals surface area contributed by atoms with Crippen molar-refractivity contribution in [3.63, 3.8) is 0 Å². The largest absolute Gasteiger partial charge is 0.230 e. The molecular formula is CH4N4O. The van der Waals surface area contributed by atoms with E-state index in [4.69, 9.17) is 4.84 Å². The molecule has 5 heteroatoms. The van der Waals surface area contributed by atoms with E-state index in [1.165, 1.54) is 5.28 Å². The van der Waals surface area contributed by atoms with Gasteiger partial charge in [0.25, 0.3) is 0 Å². The monoisotopic (exact) mass is 88.0 g/mol. The Hall–Kier alpha value is -0.200. The molecule has 3 rings (SSSR count). The molecule has 3 N–H and O–H groups in total. The first-order valence-corrected chi connectivity index (χ1v) is 1.69. The first-order valence-electron chi connectivity index (χ1n) is 1.69. The van der Waals surface area contributed by atoms with Crippen LogP contribution in [-0.2, 0) is 4.84 Å². The molecule has 0 spiro atoms. The lowest BCUT2D eigenvalue weighted by Crippen LogP contribution is -2.53. The SMILES string of the molecule is N1NN2NC1O2. The van der Waals surface area contributed by atoms with Gasteiger partial charge >= 0.3 is 0 Å². The van der Waals surface area contributed by atoms with Crippen LogP contribution in [0.2, 0.25) is 0 Å². The fraction of sp³-hybridized carbons (Fsp3) is 1.00. The standard InChI is InChI=1S/CH4N4O/c2-1-3-5(4-2)6-1/h1-4H. The second kappa shape index (κ2) is 0.722. The van der Waals surface area contributed by atoms with E-state index in [0.29, 0.717) is 0 Å². The first-order chi connectivity index (χ1) is 2.95. The lowest BCUT2D eigenvalue weighted by molar-refractivity contribution is -0.323. The van der Waals surface area contributed by atoms with Crippen LogP contribution >= 0.6 is 0 Å². The van der Waals surface area contributed by atoms with E-state index >= 15 is 0 Å². The molecule has 3 saturated heterocycles.